The number of amides is 1. The fraction of sp³-hybridized carbons (Fsp3) is 0.471. The molecule has 0 aliphatic carbocycles. The van der Waals surface area contributed by atoms with E-state index in [1.807, 2.05) is 48.9 Å². The van der Waals surface area contributed by atoms with Crippen LogP contribution in [0.15, 0.2) is 30.5 Å². The van der Waals surface area contributed by atoms with Crippen molar-refractivity contribution in [3.63, 3.8) is 0 Å². The molecular weight excluding hydrogens is 300 g/mol. The van der Waals surface area contributed by atoms with Crippen LogP contribution in [0.5, 0.6) is 0 Å². The monoisotopic (exact) mass is 322 g/mol. The Hall–Kier alpha value is -1.52. The third-order valence-electron chi connectivity index (χ3n) is 3.83. The lowest BCUT2D eigenvalue weighted by Crippen LogP contribution is -2.29. The average molecular weight is 323 g/mol. The van der Waals surface area contributed by atoms with Gasteiger partial charge < -0.3 is 15.0 Å². The molecule has 5 heteroatoms. The Kier molecular flexibility index (Phi) is 5.48. The summed E-state index contributed by atoms with van der Waals surface area (Å²) in [5.74, 6) is -0.0146. The van der Waals surface area contributed by atoms with E-state index in [4.69, 9.17) is 11.6 Å². The van der Waals surface area contributed by atoms with Gasteiger partial charge in [-0.3, -0.25) is 4.79 Å². The number of fused-ring (bicyclic) bond motifs is 1. The molecule has 0 spiro atoms. The Morgan fingerprint density at radius 2 is 2.14 bits per heavy atom. The van der Waals surface area contributed by atoms with E-state index in [0.717, 1.165) is 23.7 Å². The standard InChI is InChI=1S/C17H23ClN2O2/c1-17(2,12-21)7-3-8-19-16(22)11-20-9-6-13-4-5-14(18)10-15(13)20/h4-6,9-10,21H,3,7-8,11-12H2,1-2H3,(H,19,22). The predicted octanol–water partition coefficient (Wildman–Crippen LogP) is 3.21. The number of hydrogen-bond acceptors (Lipinski definition) is 2. The summed E-state index contributed by atoms with van der Waals surface area (Å²) < 4.78 is 1.90. The van der Waals surface area contributed by atoms with E-state index in [2.05, 4.69) is 5.32 Å². The zero-order valence-corrected chi connectivity index (χ0v) is 13.9. The molecule has 4 nitrogen and oxygen atoms in total. The molecule has 0 aliphatic rings. The topological polar surface area (TPSA) is 54.3 Å². The smallest absolute Gasteiger partial charge is 0.239 e. The van der Waals surface area contributed by atoms with Gasteiger partial charge in [0, 0.05) is 29.9 Å². The molecule has 1 amide bonds. The van der Waals surface area contributed by atoms with Crippen molar-refractivity contribution in [2.45, 2.75) is 33.2 Å². The first-order valence-corrected chi connectivity index (χ1v) is 7.91. The van der Waals surface area contributed by atoms with Gasteiger partial charge in [0.1, 0.15) is 6.54 Å². The maximum Gasteiger partial charge on any atom is 0.239 e. The number of halogens is 1. The lowest BCUT2D eigenvalue weighted by molar-refractivity contribution is -0.121. The van der Waals surface area contributed by atoms with Crippen molar-refractivity contribution in [2.24, 2.45) is 5.41 Å². The van der Waals surface area contributed by atoms with Crippen LogP contribution >= 0.6 is 11.6 Å². The second-order valence-corrected chi connectivity index (χ2v) is 6.86. The van der Waals surface area contributed by atoms with E-state index in [1.165, 1.54) is 0 Å². The minimum absolute atomic E-state index is 0.0146. The number of rotatable bonds is 7. The molecule has 1 aromatic carbocycles. The SMILES string of the molecule is CC(C)(CO)CCCNC(=O)Cn1ccc2ccc(Cl)cc21. The lowest BCUT2D eigenvalue weighted by Gasteiger charge is -2.21. The highest BCUT2D eigenvalue weighted by molar-refractivity contribution is 6.31. The summed E-state index contributed by atoms with van der Waals surface area (Å²) in [4.78, 5) is 12.0. The highest BCUT2D eigenvalue weighted by Crippen LogP contribution is 2.21. The molecule has 0 bridgehead atoms. The molecule has 2 aromatic rings. The molecule has 2 rings (SSSR count). The largest absolute Gasteiger partial charge is 0.396 e. The van der Waals surface area contributed by atoms with Crippen LogP contribution in [-0.4, -0.2) is 28.7 Å². The van der Waals surface area contributed by atoms with Gasteiger partial charge in [-0.25, -0.2) is 0 Å². The van der Waals surface area contributed by atoms with Gasteiger partial charge in [-0.05, 0) is 41.8 Å². The highest BCUT2D eigenvalue weighted by Gasteiger charge is 2.15. The molecule has 2 N–H and O–H groups in total. The second-order valence-electron chi connectivity index (χ2n) is 6.42. The van der Waals surface area contributed by atoms with Gasteiger partial charge in [0.25, 0.3) is 0 Å². The molecule has 0 radical (unpaired) electrons. The minimum atomic E-state index is -0.0852. The van der Waals surface area contributed by atoms with Crippen LogP contribution in [-0.2, 0) is 11.3 Å². The van der Waals surface area contributed by atoms with Crippen LogP contribution in [0, 0.1) is 5.41 Å². The fourth-order valence-corrected chi connectivity index (χ4v) is 2.55. The van der Waals surface area contributed by atoms with Crippen LogP contribution in [0.3, 0.4) is 0 Å². The van der Waals surface area contributed by atoms with Gasteiger partial charge in [-0.1, -0.05) is 31.5 Å². The van der Waals surface area contributed by atoms with E-state index in [0.29, 0.717) is 11.6 Å². The zero-order valence-electron chi connectivity index (χ0n) is 13.1. The van der Waals surface area contributed by atoms with Crippen LogP contribution in [0.25, 0.3) is 10.9 Å². The van der Waals surface area contributed by atoms with Gasteiger partial charge in [0.05, 0.1) is 0 Å². The van der Waals surface area contributed by atoms with Crippen molar-refractivity contribution in [3.8, 4) is 0 Å². The molecule has 0 unspecified atom stereocenters. The molecule has 22 heavy (non-hydrogen) atoms. The second kappa shape index (κ2) is 7.16. The molecule has 0 atom stereocenters. The van der Waals surface area contributed by atoms with Crippen molar-refractivity contribution in [3.05, 3.63) is 35.5 Å². The molecule has 0 saturated carbocycles. The highest BCUT2D eigenvalue weighted by atomic mass is 35.5. The quantitative estimate of drug-likeness (QED) is 0.769. The third kappa shape index (κ3) is 4.49. The van der Waals surface area contributed by atoms with Gasteiger partial charge >= 0.3 is 0 Å². The van der Waals surface area contributed by atoms with E-state index < -0.39 is 0 Å². The molecule has 1 aromatic heterocycles. The first-order valence-electron chi connectivity index (χ1n) is 7.53. The number of benzene rings is 1. The molecular formula is C17H23ClN2O2. The first-order chi connectivity index (χ1) is 10.4. The van der Waals surface area contributed by atoms with Crippen LogP contribution in [0.2, 0.25) is 5.02 Å². The predicted molar refractivity (Wildman–Crippen MR) is 90.1 cm³/mol. The van der Waals surface area contributed by atoms with E-state index in [9.17, 15) is 9.90 Å². The van der Waals surface area contributed by atoms with E-state index in [1.54, 1.807) is 0 Å². The Labute approximate surface area is 136 Å². The van der Waals surface area contributed by atoms with E-state index in [-0.39, 0.29) is 24.5 Å². The fourth-order valence-electron chi connectivity index (χ4n) is 2.38. The summed E-state index contributed by atoms with van der Waals surface area (Å²) in [5, 5.41) is 13.9. The molecule has 0 fully saturated rings. The Morgan fingerprint density at radius 1 is 1.36 bits per heavy atom. The average Bonchev–Trinajstić information content (AvgIpc) is 2.86. The van der Waals surface area contributed by atoms with Crippen LogP contribution < -0.4 is 5.32 Å². The first kappa shape index (κ1) is 16.8. The number of nitrogens with zero attached hydrogens (tertiary/aromatic N) is 1. The Morgan fingerprint density at radius 3 is 2.86 bits per heavy atom. The van der Waals surface area contributed by atoms with Gasteiger partial charge in [0.15, 0.2) is 0 Å². The van der Waals surface area contributed by atoms with Crippen molar-refractivity contribution in [1.82, 2.24) is 9.88 Å². The summed E-state index contributed by atoms with van der Waals surface area (Å²) in [6, 6.07) is 7.64. The van der Waals surface area contributed by atoms with Crippen molar-refractivity contribution < 1.29 is 9.90 Å². The minimum Gasteiger partial charge on any atom is -0.396 e. The maximum absolute atomic E-state index is 12.0. The number of nitrogens with one attached hydrogen (secondary N) is 1. The molecule has 0 saturated heterocycles. The van der Waals surface area contributed by atoms with Gasteiger partial charge in [-0.2, -0.15) is 0 Å². The number of aromatic nitrogens is 1. The Bertz CT molecular complexity index is 649. The Balaban J connectivity index is 1.85. The van der Waals surface area contributed by atoms with Crippen molar-refractivity contribution >= 4 is 28.4 Å². The maximum atomic E-state index is 12.0. The third-order valence-corrected chi connectivity index (χ3v) is 4.07. The van der Waals surface area contributed by atoms with Gasteiger partial charge in [-0.15, -0.1) is 0 Å². The summed E-state index contributed by atoms with van der Waals surface area (Å²) in [7, 11) is 0. The molecule has 120 valence electrons. The number of aliphatic hydroxyl groups excluding tert-OH is 1. The van der Waals surface area contributed by atoms with Crippen molar-refractivity contribution in [1.29, 1.82) is 0 Å². The number of carbonyl (C=O) groups excluding carboxylic acids is 1. The van der Waals surface area contributed by atoms with Gasteiger partial charge in [0.2, 0.25) is 5.91 Å². The number of hydrogen-bond donors (Lipinski definition) is 2. The number of carbonyl (C=O) groups is 1. The summed E-state index contributed by atoms with van der Waals surface area (Å²) in [6.45, 7) is 5.11. The van der Waals surface area contributed by atoms with Crippen LogP contribution in [0.1, 0.15) is 26.7 Å². The van der Waals surface area contributed by atoms with E-state index >= 15 is 0 Å². The number of aliphatic hydroxyl groups is 1. The van der Waals surface area contributed by atoms with Crippen molar-refractivity contribution in [2.75, 3.05) is 13.2 Å². The molecule has 0 aliphatic heterocycles. The summed E-state index contributed by atoms with van der Waals surface area (Å²) in [5.41, 5.74) is 0.877. The zero-order chi connectivity index (χ0) is 16.2. The lowest BCUT2D eigenvalue weighted by atomic mass is 9.89. The summed E-state index contributed by atoms with van der Waals surface area (Å²) in [6.07, 6.45) is 3.64. The normalized spacial score (nSPS) is 11.8. The summed E-state index contributed by atoms with van der Waals surface area (Å²) >= 11 is 6.01. The molecule has 1 heterocycles. The van der Waals surface area contributed by atoms with Crippen LogP contribution in [0.4, 0.5) is 0 Å².